The van der Waals surface area contributed by atoms with E-state index in [1.165, 1.54) is 0 Å². The Kier molecular flexibility index (Phi) is 5.52. The third kappa shape index (κ3) is 4.76. The number of hydrazone groups is 1. The molecule has 2 aromatic carbocycles. The highest BCUT2D eigenvalue weighted by atomic mass is 16.2. The number of anilines is 1. The van der Waals surface area contributed by atoms with Gasteiger partial charge in [-0.2, -0.15) is 5.10 Å². The summed E-state index contributed by atoms with van der Waals surface area (Å²) in [5, 5.41) is 6.97. The number of nitrogens with zero attached hydrogens (tertiary/aromatic N) is 1. The Morgan fingerprint density at radius 3 is 2.24 bits per heavy atom. The second-order valence-electron chi connectivity index (χ2n) is 4.61. The molecule has 2 N–H and O–H groups in total. The standard InChI is InChI=1S/C17H19N3O/c1-2-9-16(14-10-5-3-6-11-14)19-20-17(21)18-15-12-7-4-8-13-15/h3-8,10-13H,2,9H2,1H3,(H2,18,20,21)/b19-16+. The highest BCUT2D eigenvalue weighted by Gasteiger charge is 2.04. The average molecular weight is 281 g/mol. The van der Waals surface area contributed by atoms with Gasteiger partial charge < -0.3 is 5.32 Å². The van der Waals surface area contributed by atoms with Crippen molar-refractivity contribution < 1.29 is 4.79 Å². The molecular weight excluding hydrogens is 262 g/mol. The van der Waals surface area contributed by atoms with Gasteiger partial charge in [0.05, 0.1) is 5.71 Å². The van der Waals surface area contributed by atoms with Crippen molar-refractivity contribution in [3.8, 4) is 0 Å². The van der Waals surface area contributed by atoms with Crippen LogP contribution in [0.15, 0.2) is 65.8 Å². The van der Waals surface area contributed by atoms with Crippen molar-refractivity contribution in [3.63, 3.8) is 0 Å². The summed E-state index contributed by atoms with van der Waals surface area (Å²) in [6, 6.07) is 18.8. The Morgan fingerprint density at radius 1 is 1.00 bits per heavy atom. The van der Waals surface area contributed by atoms with Crippen LogP contribution in [0.2, 0.25) is 0 Å². The van der Waals surface area contributed by atoms with Gasteiger partial charge in [0, 0.05) is 5.69 Å². The number of amides is 2. The lowest BCUT2D eigenvalue weighted by Crippen LogP contribution is -2.25. The summed E-state index contributed by atoms with van der Waals surface area (Å²) in [5.74, 6) is 0. The number of urea groups is 1. The number of rotatable bonds is 5. The topological polar surface area (TPSA) is 53.5 Å². The zero-order valence-electron chi connectivity index (χ0n) is 12.0. The Bertz CT molecular complexity index is 594. The molecule has 0 atom stereocenters. The number of hydrogen-bond donors (Lipinski definition) is 2. The van der Waals surface area contributed by atoms with Gasteiger partial charge in [-0.3, -0.25) is 0 Å². The predicted octanol–water partition coefficient (Wildman–Crippen LogP) is 4.01. The quantitative estimate of drug-likeness (QED) is 0.631. The molecule has 0 radical (unpaired) electrons. The van der Waals surface area contributed by atoms with Crippen LogP contribution in [0.25, 0.3) is 0 Å². The van der Waals surface area contributed by atoms with Crippen molar-refractivity contribution in [2.45, 2.75) is 19.8 Å². The van der Waals surface area contributed by atoms with Crippen LogP contribution in [0.1, 0.15) is 25.3 Å². The van der Waals surface area contributed by atoms with Crippen LogP contribution in [0.5, 0.6) is 0 Å². The molecule has 4 heteroatoms. The largest absolute Gasteiger partial charge is 0.339 e. The number of nitrogens with one attached hydrogen (secondary N) is 2. The van der Waals surface area contributed by atoms with Gasteiger partial charge in [-0.1, -0.05) is 61.9 Å². The third-order valence-electron chi connectivity index (χ3n) is 2.92. The fourth-order valence-electron chi connectivity index (χ4n) is 1.93. The van der Waals surface area contributed by atoms with Crippen LogP contribution >= 0.6 is 0 Å². The number of para-hydroxylation sites is 1. The van der Waals surface area contributed by atoms with Crippen molar-refractivity contribution in [1.82, 2.24) is 5.43 Å². The molecule has 0 fully saturated rings. The summed E-state index contributed by atoms with van der Waals surface area (Å²) >= 11 is 0. The van der Waals surface area contributed by atoms with Crippen LogP contribution in [-0.4, -0.2) is 11.7 Å². The minimum Gasteiger partial charge on any atom is -0.307 e. The number of carbonyl (C=O) groups is 1. The molecule has 21 heavy (non-hydrogen) atoms. The van der Waals surface area contributed by atoms with Crippen molar-refractivity contribution in [1.29, 1.82) is 0 Å². The lowest BCUT2D eigenvalue weighted by molar-refractivity contribution is 0.252. The fraction of sp³-hybridized carbons (Fsp3) is 0.176. The van der Waals surface area contributed by atoms with Gasteiger partial charge in [-0.25, -0.2) is 10.2 Å². The monoisotopic (exact) mass is 281 g/mol. The van der Waals surface area contributed by atoms with Crippen LogP contribution in [0.4, 0.5) is 10.5 Å². The minimum absolute atomic E-state index is 0.342. The van der Waals surface area contributed by atoms with Gasteiger partial charge in [0.25, 0.3) is 0 Å². The molecule has 0 aliphatic rings. The Labute approximate surface area is 124 Å². The molecule has 0 bridgehead atoms. The molecule has 0 unspecified atom stereocenters. The van der Waals surface area contributed by atoms with E-state index in [4.69, 9.17) is 0 Å². The lowest BCUT2D eigenvalue weighted by Gasteiger charge is -2.07. The summed E-state index contributed by atoms with van der Waals surface area (Å²) < 4.78 is 0. The summed E-state index contributed by atoms with van der Waals surface area (Å²) in [6.07, 6.45) is 1.78. The molecule has 2 aromatic rings. The molecule has 0 aliphatic carbocycles. The van der Waals surface area contributed by atoms with E-state index in [1.807, 2.05) is 60.7 Å². The summed E-state index contributed by atoms with van der Waals surface area (Å²) in [5.41, 5.74) is 5.19. The highest BCUT2D eigenvalue weighted by molar-refractivity contribution is 6.01. The highest BCUT2D eigenvalue weighted by Crippen LogP contribution is 2.07. The third-order valence-corrected chi connectivity index (χ3v) is 2.92. The first-order valence-electron chi connectivity index (χ1n) is 7.03. The molecule has 0 saturated carbocycles. The average Bonchev–Trinajstić information content (AvgIpc) is 2.53. The fourth-order valence-corrected chi connectivity index (χ4v) is 1.93. The second kappa shape index (κ2) is 7.85. The smallest absolute Gasteiger partial charge is 0.307 e. The van der Waals surface area contributed by atoms with Gasteiger partial charge >= 0.3 is 6.03 Å². The molecule has 0 spiro atoms. The molecular formula is C17H19N3O. The Morgan fingerprint density at radius 2 is 1.62 bits per heavy atom. The van der Waals surface area contributed by atoms with Crippen molar-refractivity contribution in [2.75, 3.05) is 5.32 Å². The van der Waals surface area contributed by atoms with Crippen LogP contribution in [0, 0.1) is 0 Å². The van der Waals surface area contributed by atoms with Crippen molar-refractivity contribution in [2.24, 2.45) is 5.10 Å². The predicted molar refractivity (Wildman–Crippen MR) is 86.5 cm³/mol. The van der Waals surface area contributed by atoms with E-state index in [9.17, 15) is 4.79 Å². The van der Waals surface area contributed by atoms with Gasteiger partial charge in [0.2, 0.25) is 0 Å². The van der Waals surface area contributed by atoms with E-state index in [-0.39, 0.29) is 6.03 Å². The van der Waals surface area contributed by atoms with Crippen LogP contribution in [0.3, 0.4) is 0 Å². The maximum Gasteiger partial charge on any atom is 0.339 e. The lowest BCUT2D eigenvalue weighted by atomic mass is 10.1. The van der Waals surface area contributed by atoms with Gasteiger partial charge in [0.1, 0.15) is 0 Å². The molecule has 0 aromatic heterocycles. The molecule has 0 saturated heterocycles. The first-order chi connectivity index (χ1) is 10.3. The van der Waals surface area contributed by atoms with Gasteiger partial charge in [-0.15, -0.1) is 0 Å². The van der Waals surface area contributed by atoms with E-state index in [0.717, 1.165) is 29.8 Å². The van der Waals surface area contributed by atoms with Crippen LogP contribution < -0.4 is 10.7 Å². The maximum atomic E-state index is 11.8. The van der Waals surface area contributed by atoms with Crippen molar-refractivity contribution in [3.05, 3.63) is 66.2 Å². The van der Waals surface area contributed by atoms with E-state index in [0.29, 0.717) is 0 Å². The second-order valence-corrected chi connectivity index (χ2v) is 4.61. The van der Waals surface area contributed by atoms with Gasteiger partial charge in [-0.05, 0) is 24.1 Å². The first-order valence-corrected chi connectivity index (χ1v) is 7.03. The zero-order valence-corrected chi connectivity index (χ0v) is 12.0. The molecule has 108 valence electrons. The molecule has 2 rings (SSSR count). The molecule has 4 nitrogen and oxygen atoms in total. The van der Waals surface area contributed by atoms with Crippen LogP contribution in [-0.2, 0) is 0 Å². The van der Waals surface area contributed by atoms with E-state index >= 15 is 0 Å². The number of benzene rings is 2. The molecule has 0 aliphatic heterocycles. The number of carbonyl (C=O) groups excluding carboxylic acids is 1. The summed E-state index contributed by atoms with van der Waals surface area (Å²) in [6.45, 7) is 2.09. The molecule has 2 amide bonds. The summed E-state index contributed by atoms with van der Waals surface area (Å²) in [4.78, 5) is 11.8. The first kappa shape index (κ1) is 14.8. The SMILES string of the molecule is CCC/C(=N\NC(=O)Nc1ccccc1)c1ccccc1. The molecule has 0 heterocycles. The van der Waals surface area contributed by atoms with Crippen molar-refractivity contribution >= 4 is 17.4 Å². The summed E-state index contributed by atoms with van der Waals surface area (Å²) in [7, 11) is 0. The van der Waals surface area contributed by atoms with E-state index in [2.05, 4.69) is 22.8 Å². The van der Waals surface area contributed by atoms with Gasteiger partial charge in [0.15, 0.2) is 0 Å². The minimum atomic E-state index is -0.342. The zero-order chi connectivity index (χ0) is 14.9. The Balaban J connectivity index is 2.01. The normalized spacial score (nSPS) is 11.0. The maximum absolute atomic E-state index is 11.8. The number of hydrogen-bond acceptors (Lipinski definition) is 2. The van der Waals surface area contributed by atoms with E-state index < -0.39 is 0 Å². The van der Waals surface area contributed by atoms with E-state index in [1.54, 1.807) is 0 Å². The Hall–Kier alpha value is -2.62.